The van der Waals surface area contributed by atoms with Gasteiger partial charge in [-0.1, -0.05) is 12.5 Å². The third-order valence-corrected chi connectivity index (χ3v) is 12.0. The van der Waals surface area contributed by atoms with E-state index in [1.807, 2.05) is 0 Å². The first-order valence-electron chi connectivity index (χ1n) is 24.8. The van der Waals surface area contributed by atoms with Crippen LogP contribution in [0.1, 0.15) is 89.2 Å². The molecule has 74 heavy (non-hydrogen) atoms. The highest BCUT2D eigenvalue weighted by Crippen LogP contribution is 2.33. The zero-order valence-electron chi connectivity index (χ0n) is 41.7. The van der Waals surface area contributed by atoms with Gasteiger partial charge in [-0.05, 0) is 103 Å². The van der Waals surface area contributed by atoms with E-state index in [2.05, 4.69) is 51.9 Å². The van der Waals surface area contributed by atoms with Gasteiger partial charge in [0.05, 0.1) is 25.0 Å². The second kappa shape index (κ2) is 32.3. The summed E-state index contributed by atoms with van der Waals surface area (Å²) < 4.78 is 0. The van der Waals surface area contributed by atoms with Crippen LogP contribution in [-0.2, 0) is 49.6 Å². The summed E-state index contributed by atoms with van der Waals surface area (Å²) in [6, 6.07) is -7.42. The molecule has 0 spiro atoms. The molecule has 1 unspecified atom stereocenters. The number of nitrogens with two attached hydrogens (primary N) is 8. The SMILES string of the molecule is NCCCC[C@H](NC(=O)[C@H](Cc1cnc[nH]1)NC(=O)[C@@H]1CCCN1C(=O)C(CCCN)=NC(=O)CNC(=O)C(NC(=O)[C@@H](NC(=O)[C@@H](N)CCCCN)[C@@H](O)CN)C1CC1)C(=O)N/C(=C\CCN=C(N)N)C(N)=O. The predicted molar refractivity (Wildman–Crippen MR) is 271 cm³/mol. The van der Waals surface area contributed by atoms with Crippen molar-refractivity contribution in [1.29, 1.82) is 0 Å². The highest BCUT2D eigenvalue weighted by molar-refractivity contribution is 6.40. The number of carbonyl (C=O) groups is 9. The van der Waals surface area contributed by atoms with Crippen LogP contribution in [0.4, 0.5) is 0 Å². The molecular weight excluding hydrogens is 967 g/mol. The highest BCUT2D eigenvalue weighted by atomic mass is 16.3. The molecule has 1 saturated heterocycles. The minimum Gasteiger partial charge on any atom is -0.389 e. The van der Waals surface area contributed by atoms with Gasteiger partial charge in [0.2, 0.25) is 35.4 Å². The van der Waals surface area contributed by atoms with Crippen molar-refractivity contribution >= 4 is 64.8 Å². The van der Waals surface area contributed by atoms with Gasteiger partial charge in [0.25, 0.3) is 17.7 Å². The Morgan fingerprint density at radius 2 is 1.50 bits per heavy atom. The number of aliphatic imine (C=N–C) groups is 2. The summed E-state index contributed by atoms with van der Waals surface area (Å²) in [6.07, 6.45) is 6.85. The summed E-state index contributed by atoms with van der Waals surface area (Å²) in [5.41, 5.74) is 44.7. The number of rotatable bonds is 34. The number of aliphatic hydroxyl groups excluding tert-OH is 1. The molecule has 1 aliphatic heterocycles. The second-order valence-electron chi connectivity index (χ2n) is 18.0. The molecule has 9 amide bonds. The molecule has 29 heteroatoms. The number of hydrogen-bond acceptors (Lipinski definition) is 17. The maximum absolute atomic E-state index is 14.2. The fourth-order valence-corrected chi connectivity index (χ4v) is 7.80. The minimum absolute atomic E-state index is 0.0741. The number of H-pyrrole nitrogens is 1. The van der Waals surface area contributed by atoms with E-state index in [1.165, 1.54) is 23.5 Å². The maximum Gasteiger partial charge on any atom is 0.269 e. The number of unbranched alkanes of at least 4 members (excludes halogenated alkanes) is 2. The monoisotopic (exact) mass is 1040 g/mol. The Labute approximate surface area is 428 Å². The number of amides is 9. The van der Waals surface area contributed by atoms with Crippen molar-refractivity contribution in [3.05, 3.63) is 30.0 Å². The Hall–Kier alpha value is -6.92. The summed E-state index contributed by atoms with van der Waals surface area (Å²) in [6.45, 7) is -0.119. The Morgan fingerprint density at radius 1 is 0.811 bits per heavy atom. The van der Waals surface area contributed by atoms with Crippen LogP contribution >= 0.6 is 0 Å². The zero-order chi connectivity index (χ0) is 54.7. The lowest BCUT2D eigenvalue weighted by Gasteiger charge is -2.27. The van der Waals surface area contributed by atoms with E-state index in [0.717, 1.165) is 0 Å². The van der Waals surface area contributed by atoms with E-state index < -0.39 is 109 Å². The summed E-state index contributed by atoms with van der Waals surface area (Å²) in [5, 5.41) is 25.8. The van der Waals surface area contributed by atoms with E-state index >= 15 is 0 Å². The molecule has 0 aromatic carbocycles. The second-order valence-corrected chi connectivity index (χ2v) is 18.0. The summed E-state index contributed by atoms with van der Waals surface area (Å²) in [5.74, 6) is -7.82. The zero-order valence-corrected chi connectivity index (χ0v) is 41.7. The Bertz CT molecular complexity index is 2150. The Morgan fingerprint density at radius 3 is 2.11 bits per heavy atom. The summed E-state index contributed by atoms with van der Waals surface area (Å²) in [4.78, 5) is 137. The van der Waals surface area contributed by atoms with Crippen molar-refractivity contribution in [3.8, 4) is 0 Å². The topological polar surface area (TPSA) is 511 Å². The standard InChI is InChI=1S/C45H77N19O10/c46-15-3-1-8-27(50)38(68)63-36(33(65)21-49)43(73)62-35(25-13-14-25)42(72)56-23-34(66)58-30(10-5-17-48)44(74)64-19-7-12-32(64)41(71)61-31(20-26-22-54-24-57-26)40(70)60-29(9-2-4-16-47)39(69)59-28(37(51)67)11-6-18-55-45(52)53/h11,22,24-25,27,29,31-33,35-36,65H,1-10,12-21,23,46-50H2,(H2,51,67)(H,54,57)(H,56,72)(H,59,69)(H,60,70)(H,61,71)(H,62,73)(H,63,68)(H4,52,53,55)/b28-11-,58-30?/t27-,29-,31-,32-,33-,35?,36-/m0/s1. The first-order valence-corrected chi connectivity index (χ1v) is 24.8. The van der Waals surface area contributed by atoms with E-state index in [9.17, 15) is 48.3 Å². The molecule has 2 aliphatic rings. The number of hydrogen-bond donors (Lipinski definition) is 16. The van der Waals surface area contributed by atoms with Gasteiger partial charge in [-0.25, -0.2) is 9.98 Å². The number of carbonyl (C=O) groups excluding carboxylic acids is 9. The average Bonchev–Trinajstić information content (AvgIpc) is 3.84. The third kappa shape index (κ3) is 20.9. The fourth-order valence-electron chi connectivity index (χ4n) is 7.80. The molecule has 0 radical (unpaired) electrons. The molecule has 3 rings (SSSR count). The molecule has 1 saturated carbocycles. The minimum atomic E-state index is -1.55. The van der Waals surface area contributed by atoms with Gasteiger partial charge in [0.15, 0.2) is 5.96 Å². The molecule has 7 atom stereocenters. The van der Waals surface area contributed by atoms with E-state index in [-0.39, 0.29) is 87.9 Å². The molecule has 24 N–H and O–H groups in total. The quantitative estimate of drug-likeness (QED) is 0.0132. The number of aliphatic hydroxyl groups is 1. The Balaban J connectivity index is 1.77. The number of guanidine groups is 1. The van der Waals surface area contributed by atoms with Crippen molar-refractivity contribution in [2.45, 2.75) is 132 Å². The van der Waals surface area contributed by atoms with Crippen LogP contribution in [0.2, 0.25) is 0 Å². The number of primary amides is 1. The molecule has 412 valence electrons. The lowest BCUT2D eigenvalue weighted by atomic mass is 10.1. The average molecular weight is 1040 g/mol. The van der Waals surface area contributed by atoms with Crippen LogP contribution in [0.3, 0.4) is 0 Å². The van der Waals surface area contributed by atoms with Crippen LogP contribution in [0.25, 0.3) is 0 Å². The van der Waals surface area contributed by atoms with Gasteiger partial charge >= 0.3 is 0 Å². The normalized spacial score (nSPS) is 17.1. The van der Waals surface area contributed by atoms with Crippen molar-refractivity contribution < 1.29 is 48.3 Å². The van der Waals surface area contributed by atoms with E-state index in [4.69, 9.17) is 45.9 Å². The summed E-state index contributed by atoms with van der Waals surface area (Å²) >= 11 is 0. The number of likely N-dealkylation sites (tertiary alicyclic amines) is 1. The lowest BCUT2D eigenvalue weighted by Crippen LogP contribution is -2.61. The molecule has 2 fully saturated rings. The maximum atomic E-state index is 14.2. The molecular formula is C45H77N19O10. The predicted octanol–water partition coefficient (Wildman–Crippen LogP) is -6.83. The first kappa shape index (κ1) is 61.4. The van der Waals surface area contributed by atoms with Crippen LogP contribution in [-0.4, -0.2) is 173 Å². The largest absolute Gasteiger partial charge is 0.389 e. The molecule has 1 aromatic rings. The highest BCUT2D eigenvalue weighted by Gasteiger charge is 2.41. The number of aromatic amines is 1. The first-order chi connectivity index (χ1) is 35.3. The number of imidazole rings is 1. The van der Waals surface area contributed by atoms with Gasteiger partial charge in [-0.2, -0.15) is 0 Å². The van der Waals surface area contributed by atoms with Crippen molar-refractivity contribution in [3.63, 3.8) is 0 Å². The number of aromatic nitrogens is 2. The smallest absolute Gasteiger partial charge is 0.269 e. The molecule has 0 bridgehead atoms. The van der Waals surface area contributed by atoms with E-state index in [1.54, 1.807) is 0 Å². The van der Waals surface area contributed by atoms with Gasteiger partial charge < -0.3 is 92.8 Å². The number of nitrogens with one attached hydrogen (secondary N) is 7. The van der Waals surface area contributed by atoms with Crippen LogP contribution < -0.4 is 77.8 Å². The lowest BCUT2D eigenvalue weighted by molar-refractivity contribution is -0.136. The summed E-state index contributed by atoms with van der Waals surface area (Å²) in [7, 11) is 0. The number of nitrogens with zero attached hydrogens (tertiary/aromatic N) is 4. The molecule has 1 aliphatic carbocycles. The van der Waals surface area contributed by atoms with Crippen molar-refractivity contribution in [2.24, 2.45) is 61.8 Å². The van der Waals surface area contributed by atoms with Crippen LogP contribution in [0.5, 0.6) is 0 Å². The van der Waals surface area contributed by atoms with E-state index in [0.29, 0.717) is 63.7 Å². The van der Waals surface area contributed by atoms with Crippen LogP contribution in [0.15, 0.2) is 34.3 Å². The third-order valence-electron chi connectivity index (χ3n) is 12.0. The fraction of sp³-hybridized carbons (Fsp3) is 0.644. The molecule has 2 heterocycles. The Kier molecular flexibility index (Phi) is 26.8. The van der Waals surface area contributed by atoms with Crippen LogP contribution in [0, 0.1) is 5.92 Å². The van der Waals surface area contributed by atoms with Gasteiger partial charge in [0.1, 0.15) is 41.6 Å². The van der Waals surface area contributed by atoms with Crippen molar-refractivity contribution in [1.82, 2.24) is 46.8 Å². The molecule has 1 aromatic heterocycles. The van der Waals surface area contributed by atoms with Gasteiger partial charge in [-0.3, -0.25) is 48.1 Å². The van der Waals surface area contributed by atoms with Gasteiger partial charge in [-0.15, -0.1) is 0 Å². The van der Waals surface area contributed by atoms with Gasteiger partial charge in [0, 0.05) is 37.9 Å². The van der Waals surface area contributed by atoms with Crippen molar-refractivity contribution in [2.75, 3.05) is 45.8 Å². The molecule has 29 nitrogen and oxygen atoms in total.